The molecule has 0 radical (unpaired) electrons. The van der Waals surface area contributed by atoms with Gasteiger partial charge in [-0.1, -0.05) is 0 Å². The van der Waals surface area contributed by atoms with Gasteiger partial charge in [-0.05, 0) is 34.1 Å². The summed E-state index contributed by atoms with van der Waals surface area (Å²) in [7, 11) is -1.12. The SMILES string of the molecule is CC(C)N(C(C)C)P(OCCC#N)OC1CCOC1. The molecule has 5 nitrogen and oxygen atoms in total. The lowest BCUT2D eigenvalue weighted by atomic mass is 10.3. The minimum absolute atomic E-state index is 0.119. The van der Waals surface area contributed by atoms with Crippen LogP contribution in [0.25, 0.3) is 0 Å². The van der Waals surface area contributed by atoms with Crippen LogP contribution in [0.5, 0.6) is 0 Å². The Morgan fingerprint density at radius 1 is 1.37 bits per heavy atom. The summed E-state index contributed by atoms with van der Waals surface area (Å²) in [5, 5.41) is 8.62. The average Bonchev–Trinajstić information content (AvgIpc) is 2.81. The maximum Gasteiger partial charge on any atom is 0.259 e. The zero-order chi connectivity index (χ0) is 14.3. The molecule has 2 atom stereocenters. The topological polar surface area (TPSA) is 54.7 Å². The second-order valence-corrected chi connectivity index (χ2v) is 6.54. The lowest BCUT2D eigenvalue weighted by molar-refractivity contribution is 0.110. The van der Waals surface area contributed by atoms with Crippen molar-refractivity contribution in [3.8, 4) is 6.07 Å². The molecule has 6 heteroatoms. The summed E-state index contributed by atoms with van der Waals surface area (Å²) >= 11 is 0. The molecule has 0 bridgehead atoms. The highest BCUT2D eigenvalue weighted by Crippen LogP contribution is 2.47. The Kier molecular flexibility index (Phi) is 7.82. The predicted octanol–water partition coefficient (Wildman–Crippen LogP) is 3.07. The number of hydrogen-bond acceptors (Lipinski definition) is 5. The summed E-state index contributed by atoms with van der Waals surface area (Å²) in [5.41, 5.74) is 0. The van der Waals surface area contributed by atoms with E-state index in [0.717, 1.165) is 13.0 Å². The van der Waals surface area contributed by atoms with Gasteiger partial charge in [0.05, 0.1) is 31.8 Å². The largest absolute Gasteiger partial charge is 0.379 e. The summed E-state index contributed by atoms with van der Waals surface area (Å²) < 4.78 is 19.5. The maximum absolute atomic E-state index is 8.62. The van der Waals surface area contributed by atoms with E-state index in [1.807, 2.05) is 0 Å². The van der Waals surface area contributed by atoms with Gasteiger partial charge in [-0.25, -0.2) is 4.67 Å². The molecule has 0 aromatic carbocycles. The van der Waals surface area contributed by atoms with E-state index in [2.05, 4.69) is 38.4 Å². The van der Waals surface area contributed by atoms with Gasteiger partial charge in [0.25, 0.3) is 8.53 Å². The van der Waals surface area contributed by atoms with Gasteiger partial charge in [-0.15, -0.1) is 0 Å². The minimum atomic E-state index is -1.12. The van der Waals surface area contributed by atoms with Crippen LogP contribution < -0.4 is 0 Å². The molecule has 0 aliphatic carbocycles. The molecular weight excluding hydrogens is 263 g/mol. The van der Waals surface area contributed by atoms with E-state index in [1.165, 1.54) is 0 Å². The monoisotopic (exact) mass is 288 g/mol. The van der Waals surface area contributed by atoms with Crippen LogP contribution in [-0.2, 0) is 13.8 Å². The van der Waals surface area contributed by atoms with Crippen molar-refractivity contribution in [2.45, 2.75) is 58.7 Å². The standard InChI is InChI=1S/C13H25N2O3P/c1-11(2)15(12(3)4)19(17-8-5-7-14)18-13-6-9-16-10-13/h11-13H,5-6,8-10H2,1-4H3. The molecule has 0 saturated carbocycles. The molecule has 1 aliphatic rings. The van der Waals surface area contributed by atoms with E-state index < -0.39 is 8.53 Å². The zero-order valence-electron chi connectivity index (χ0n) is 12.3. The van der Waals surface area contributed by atoms with Crippen molar-refractivity contribution in [1.82, 2.24) is 4.67 Å². The van der Waals surface area contributed by atoms with Gasteiger partial charge in [0.15, 0.2) is 0 Å². The number of nitriles is 1. The normalized spacial score (nSPS) is 21.3. The molecular formula is C13H25N2O3P. The first-order chi connectivity index (χ1) is 9.06. The Labute approximate surface area is 117 Å². The third-order valence-electron chi connectivity index (χ3n) is 2.79. The quantitative estimate of drug-likeness (QED) is 0.507. The van der Waals surface area contributed by atoms with Gasteiger partial charge in [0, 0.05) is 18.7 Å². The molecule has 2 unspecified atom stereocenters. The van der Waals surface area contributed by atoms with E-state index in [-0.39, 0.29) is 6.10 Å². The Morgan fingerprint density at radius 2 is 2.05 bits per heavy atom. The molecule has 110 valence electrons. The van der Waals surface area contributed by atoms with Crippen LogP contribution in [0.2, 0.25) is 0 Å². The van der Waals surface area contributed by atoms with Crippen molar-refractivity contribution < 1.29 is 13.8 Å². The van der Waals surface area contributed by atoms with Crippen LogP contribution in [0.15, 0.2) is 0 Å². The first-order valence-electron chi connectivity index (χ1n) is 6.89. The Hall–Kier alpha value is -0.240. The highest BCUT2D eigenvalue weighted by Gasteiger charge is 2.31. The van der Waals surface area contributed by atoms with Crippen LogP contribution in [0.1, 0.15) is 40.5 Å². The Balaban J connectivity index is 2.62. The fourth-order valence-corrected chi connectivity index (χ4v) is 3.74. The fraction of sp³-hybridized carbons (Fsp3) is 0.923. The van der Waals surface area contributed by atoms with E-state index >= 15 is 0 Å². The lowest BCUT2D eigenvalue weighted by Crippen LogP contribution is -2.34. The third kappa shape index (κ3) is 5.72. The smallest absolute Gasteiger partial charge is 0.259 e. The highest BCUT2D eigenvalue weighted by atomic mass is 31.2. The van der Waals surface area contributed by atoms with Gasteiger partial charge in [-0.3, -0.25) is 0 Å². The third-order valence-corrected chi connectivity index (χ3v) is 4.97. The summed E-state index contributed by atoms with van der Waals surface area (Å²) in [6.45, 7) is 10.4. The van der Waals surface area contributed by atoms with E-state index in [4.69, 9.17) is 19.0 Å². The Bertz CT molecular complexity index is 280. The van der Waals surface area contributed by atoms with Crippen molar-refractivity contribution in [3.05, 3.63) is 0 Å². The first-order valence-corrected chi connectivity index (χ1v) is 8.02. The van der Waals surface area contributed by atoms with Crippen LogP contribution in [0.4, 0.5) is 0 Å². The first kappa shape index (κ1) is 16.8. The molecule has 0 aromatic heterocycles. The van der Waals surface area contributed by atoms with Crippen LogP contribution in [0.3, 0.4) is 0 Å². The van der Waals surface area contributed by atoms with Crippen molar-refractivity contribution in [1.29, 1.82) is 5.26 Å². The van der Waals surface area contributed by atoms with Crippen LogP contribution in [-0.4, -0.2) is 42.7 Å². The molecule has 1 saturated heterocycles. The van der Waals surface area contributed by atoms with E-state index in [1.54, 1.807) is 0 Å². The van der Waals surface area contributed by atoms with Crippen LogP contribution >= 0.6 is 8.53 Å². The summed E-state index contributed by atoms with van der Waals surface area (Å²) in [5.74, 6) is 0. The second-order valence-electron chi connectivity index (χ2n) is 5.14. The zero-order valence-corrected chi connectivity index (χ0v) is 13.2. The molecule has 1 rings (SSSR count). The molecule has 1 heterocycles. The summed E-state index contributed by atoms with van der Waals surface area (Å²) in [6.07, 6.45) is 1.44. The highest BCUT2D eigenvalue weighted by molar-refractivity contribution is 7.44. The molecule has 0 amide bonds. The molecule has 19 heavy (non-hydrogen) atoms. The minimum Gasteiger partial charge on any atom is -0.379 e. The van der Waals surface area contributed by atoms with Gasteiger partial charge in [-0.2, -0.15) is 5.26 Å². The molecule has 1 aliphatic heterocycles. The van der Waals surface area contributed by atoms with Crippen molar-refractivity contribution in [2.75, 3.05) is 19.8 Å². The van der Waals surface area contributed by atoms with Crippen molar-refractivity contribution in [2.24, 2.45) is 0 Å². The van der Waals surface area contributed by atoms with Crippen molar-refractivity contribution >= 4 is 8.53 Å². The van der Waals surface area contributed by atoms with E-state index in [0.29, 0.717) is 31.7 Å². The van der Waals surface area contributed by atoms with Gasteiger partial charge in [0.1, 0.15) is 0 Å². The van der Waals surface area contributed by atoms with Gasteiger partial charge < -0.3 is 13.8 Å². The maximum atomic E-state index is 8.62. The van der Waals surface area contributed by atoms with E-state index in [9.17, 15) is 0 Å². The van der Waals surface area contributed by atoms with Crippen LogP contribution in [0, 0.1) is 11.3 Å². The number of rotatable bonds is 8. The molecule has 0 N–H and O–H groups in total. The number of ether oxygens (including phenoxy) is 1. The van der Waals surface area contributed by atoms with Gasteiger partial charge in [0.2, 0.25) is 0 Å². The predicted molar refractivity (Wildman–Crippen MR) is 75.5 cm³/mol. The average molecular weight is 288 g/mol. The number of hydrogen-bond donors (Lipinski definition) is 0. The lowest BCUT2D eigenvalue weighted by Gasteiger charge is -2.36. The molecule has 1 fully saturated rings. The van der Waals surface area contributed by atoms with Gasteiger partial charge >= 0.3 is 0 Å². The number of nitrogens with zero attached hydrogens (tertiary/aromatic N) is 2. The molecule has 0 aromatic rings. The fourth-order valence-electron chi connectivity index (χ4n) is 2.02. The second kappa shape index (κ2) is 8.84. The summed E-state index contributed by atoms with van der Waals surface area (Å²) in [4.78, 5) is 0. The van der Waals surface area contributed by atoms with Crippen molar-refractivity contribution in [3.63, 3.8) is 0 Å². The Morgan fingerprint density at radius 3 is 2.53 bits per heavy atom. The summed E-state index contributed by atoms with van der Waals surface area (Å²) in [6, 6.07) is 2.79. The molecule has 0 spiro atoms.